The Kier molecular flexibility index (Phi) is 8.61. The van der Waals surface area contributed by atoms with Crippen LogP contribution in [0.1, 0.15) is 11.1 Å². The van der Waals surface area contributed by atoms with E-state index in [-0.39, 0.29) is 12.8 Å². The Hall–Kier alpha value is -3.62. The van der Waals surface area contributed by atoms with E-state index >= 15 is 0 Å². The molecule has 0 aliphatic rings. The smallest absolute Gasteiger partial charge is 0.338 e. The Morgan fingerprint density at radius 1 is 0.667 bits per heavy atom. The van der Waals surface area contributed by atoms with Gasteiger partial charge in [0, 0.05) is 12.2 Å². The van der Waals surface area contributed by atoms with Gasteiger partial charge >= 0.3 is 23.9 Å². The third-order valence-corrected chi connectivity index (χ3v) is 3.96. The second kappa shape index (κ2) is 11.4. The highest BCUT2D eigenvalue weighted by molar-refractivity contribution is 6.00. The van der Waals surface area contributed by atoms with Crippen LogP contribution in [-0.4, -0.2) is 36.0 Å². The molecule has 0 radical (unpaired) electrons. The maximum atomic E-state index is 11.9. The van der Waals surface area contributed by atoms with Crippen molar-refractivity contribution in [3.63, 3.8) is 0 Å². The largest absolute Gasteiger partial charge is 0.389 e. The van der Waals surface area contributed by atoms with Gasteiger partial charge in [0.2, 0.25) is 0 Å². The summed E-state index contributed by atoms with van der Waals surface area (Å²) in [5.74, 6) is -4.10. The van der Waals surface area contributed by atoms with E-state index in [1.807, 2.05) is 12.1 Å². The summed E-state index contributed by atoms with van der Waals surface area (Å²) in [6, 6.07) is 15.8. The number of esters is 4. The lowest BCUT2D eigenvalue weighted by Gasteiger charge is -2.10. The Morgan fingerprint density at radius 3 is 1.33 bits per heavy atom. The molecule has 2 atom stereocenters. The summed E-state index contributed by atoms with van der Waals surface area (Å²) in [7, 11) is 0. The molecule has 156 valence electrons. The minimum Gasteiger partial charge on any atom is -0.389 e. The lowest BCUT2D eigenvalue weighted by atomic mass is 10.1. The Bertz CT molecular complexity index is 836. The number of nitrogens with two attached hydrogens (primary N) is 2. The van der Waals surface area contributed by atoms with Crippen molar-refractivity contribution in [3.05, 3.63) is 83.9 Å². The Balaban J connectivity index is 1.77. The van der Waals surface area contributed by atoms with E-state index in [2.05, 4.69) is 9.47 Å². The van der Waals surface area contributed by atoms with E-state index in [1.54, 1.807) is 48.5 Å². The van der Waals surface area contributed by atoms with Gasteiger partial charge in [-0.2, -0.15) is 0 Å². The molecule has 0 saturated heterocycles. The molecule has 2 aromatic carbocycles. The number of ether oxygens (including phenoxy) is 2. The summed E-state index contributed by atoms with van der Waals surface area (Å²) in [6.45, 7) is 0. The summed E-state index contributed by atoms with van der Waals surface area (Å²) < 4.78 is 9.12. The number of carbonyl (C=O) groups excluding carboxylic acids is 4. The lowest BCUT2D eigenvalue weighted by Crippen LogP contribution is -2.36. The van der Waals surface area contributed by atoms with Gasteiger partial charge in [0.05, 0.1) is 0 Å². The van der Waals surface area contributed by atoms with Gasteiger partial charge in [0.25, 0.3) is 0 Å². The van der Waals surface area contributed by atoms with Crippen molar-refractivity contribution in [2.75, 3.05) is 0 Å². The van der Waals surface area contributed by atoms with E-state index in [9.17, 15) is 19.2 Å². The highest BCUT2D eigenvalue weighted by Gasteiger charge is 2.20. The van der Waals surface area contributed by atoms with E-state index in [1.165, 1.54) is 0 Å². The van der Waals surface area contributed by atoms with Gasteiger partial charge in [-0.25, -0.2) is 19.2 Å². The summed E-state index contributed by atoms with van der Waals surface area (Å²) in [5.41, 5.74) is 13.0. The highest BCUT2D eigenvalue weighted by Crippen LogP contribution is 2.04. The first-order valence-corrected chi connectivity index (χ1v) is 9.13. The first kappa shape index (κ1) is 22.7. The second-order valence-electron chi connectivity index (χ2n) is 6.41. The van der Waals surface area contributed by atoms with Crippen molar-refractivity contribution < 1.29 is 28.7 Å². The first-order chi connectivity index (χ1) is 14.3. The molecule has 2 aromatic rings. The standard InChI is InChI=1S/C22H22N2O6/c23-17(13-15-7-3-1-4-8-15)21(27)29-19(25)11-12-20(26)30-22(28)18(24)14-16-9-5-2-6-10-16/h1-12,17-18H,13-14,23-24H2/t17-,18-/m0/s1. The highest BCUT2D eigenvalue weighted by atomic mass is 16.6. The van der Waals surface area contributed by atoms with Crippen molar-refractivity contribution in [1.82, 2.24) is 0 Å². The molecule has 0 amide bonds. The van der Waals surface area contributed by atoms with Gasteiger partial charge in [0.15, 0.2) is 0 Å². The molecule has 30 heavy (non-hydrogen) atoms. The molecule has 8 nitrogen and oxygen atoms in total. The lowest BCUT2D eigenvalue weighted by molar-refractivity contribution is -0.160. The minimum absolute atomic E-state index is 0.187. The van der Waals surface area contributed by atoms with E-state index < -0.39 is 36.0 Å². The Labute approximate surface area is 173 Å². The summed E-state index contributed by atoms with van der Waals surface area (Å²) in [4.78, 5) is 47.1. The van der Waals surface area contributed by atoms with Crippen LogP contribution in [0.2, 0.25) is 0 Å². The maximum Gasteiger partial charge on any atom is 0.338 e. The van der Waals surface area contributed by atoms with Gasteiger partial charge in [-0.15, -0.1) is 0 Å². The summed E-state index contributed by atoms with van der Waals surface area (Å²) in [5, 5.41) is 0. The quantitative estimate of drug-likeness (QED) is 0.370. The van der Waals surface area contributed by atoms with Crippen LogP contribution in [0.3, 0.4) is 0 Å². The zero-order valence-electron chi connectivity index (χ0n) is 16.1. The molecule has 4 N–H and O–H groups in total. The molecule has 0 aromatic heterocycles. The fraction of sp³-hybridized carbons (Fsp3) is 0.182. The molecule has 0 bridgehead atoms. The normalized spacial score (nSPS) is 12.7. The number of rotatable bonds is 8. The van der Waals surface area contributed by atoms with E-state index in [0.29, 0.717) is 12.2 Å². The SMILES string of the molecule is N[C@@H](Cc1ccccc1)C(=O)OC(=O)C=CC(=O)OC(=O)[C@@H](N)Cc1ccccc1. The van der Waals surface area contributed by atoms with Crippen LogP contribution < -0.4 is 11.5 Å². The fourth-order valence-electron chi connectivity index (χ4n) is 2.46. The molecule has 0 spiro atoms. The minimum atomic E-state index is -1.11. The van der Waals surface area contributed by atoms with Crippen molar-refractivity contribution in [3.8, 4) is 0 Å². The zero-order chi connectivity index (χ0) is 21.9. The van der Waals surface area contributed by atoms with Crippen LogP contribution >= 0.6 is 0 Å². The molecule has 0 heterocycles. The molecule has 0 saturated carbocycles. The fourth-order valence-corrected chi connectivity index (χ4v) is 2.46. The van der Waals surface area contributed by atoms with Gasteiger partial charge in [-0.05, 0) is 24.0 Å². The molecule has 0 fully saturated rings. The third kappa shape index (κ3) is 7.78. The third-order valence-electron chi connectivity index (χ3n) is 3.96. The Morgan fingerprint density at radius 2 is 1.00 bits per heavy atom. The predicted octanol–water partition coefficient (Wildman–Crippen LogP) is 0.822. The van der Waals surface area contributed by atoms with Crippen molar-refractivity contribution >= 4 is 23.9 Å². The van der Waals surface area contributed by atoms with Crippen molar-refractivity contribution in [1.29, 1.82) is 0 Å². The molecule has 0 aliphatic heterocycles. The van der Waals surface area contributed by atoms with E-state index in [4.69, 9.17) is 11.5 Å². The molecule has 2 rings (SSSR count). The van der Waals surface area contributed by atoms with Crippen molar-refractivity contribution in [2.45, 2.75) is 24.9 Å². The number of benzene rings is 2. The van der Waals surface area contributed by atoms with Crippen LogP contribution in [0.5, 0.6) is 0 Å². The van der Waals surface area contributed by atoms with Gasteiger partial charge in [-0.1, -0.05) is 60.7 Å². The van der Waals surface area contributed by atoms with Crippen molar-refractivity contribution in [2.24, 2.45) is 11.5 Å². The second-order valence-corrected chi connectivity index (χ2v) is 6.41. The van der Waals surface area contributed by atoms with Gasteiger partial charge < -0.3 is 20.9 Å². The summed E-state index contributed by atoms with van der Waals surface area (Å²) >= 11 is 0. The predicted molar refractivity (Wildman–Crippen MR) is 108 cm³/mol. The topological polar surface area (TPSA) is 139 Å². The molecule has 0 unspecified atom stereocenters. The maximum absolute atomic E-state index is 11.9. The molecular formula is C22H22N2O6. The molecule has 0 aliphatic carbocycles. The monoisotopic (exact) mass is 410 g/mol. The van der Waals surface area contributed by atoms with Crippen LogP contribution in [0, 0.1) is 0 Å². The van der Waals surface area contributed by atoms with Crippen LogP contribution in [-0.2, 0) is 41.5 Å². The number of hydrogen-bond donors (Lipinski definition) is 2. The van der Waals surface area contributed by atoms with E-state index in [0.717, 1.165) is 11.1 Å². The van der Waals surface area contributed by atoms with Crippen LogP contribution in [0.25, 0.3) is 0 Å². The first-order valence-electron chi connectivity index (χ1n) is 9.13. The van der Waals surface area contributed by atoms with Crippen LogP contribution in [0.15, 0.2) is 72.8 Å². The van der Waals surface area contributed by atoms with Gasteiger partial charge in [-0.3, -0.25) is 0 Å². The zero-order valence-corrected chi connectivity index (χ0v) is 16.1. The van der Waals surface area contributed by atoms with Gasteiger partial charge in [0.1, 0.15) is 12.1 Å². The number of hydrogen-bond acceptors (Lipinski definition) is 8. The average Bonchev–Trinajstić information content (AvgIpc) is 2.73. The summed E-state index contributed by atoms with van der Waals surface area (Å²) in [6.07, 6.45) is 1.72. The molecule has 8 heteroatoms. The number of carbonyl (C=O) groups is 4. The average molecular weight is 410 g/mol. The molecular weight excluding hydrogens is 388 g/mol. The van der Waals surface area contributed by atoms with Crippen LogP contribution in [0.4, 0.5) is 0 Å².